The molecule has 0 bridgehead atoms. The van der Waals surface area contributed by atoms with Gasteiger partial charge in [-0.25, -0.2) is 0 Å². The molecule has 3 aliphatic rings. The van der Waals surface area contributed by atoms with Gasteiger partial charge in [0.15, 0.2) is 0 Å². The molecular formula is C39H42Cl2SiZr. The van der Waals surface area contributed by atoms with E-state index in [-0.39, 0.29) is 24.8 Å². The molecule has 0 heterocycles. The SMILES string of the molecule is CC1=Cc2c(-c3ccccc3)ccc(C)c2[CH]1[Zr]([CH3])([CH3])(=[SiH2])[CH]1C(C2CC=CC2)=Cc2c(-c3ccccc3)cccc21.Cl.Cl. The van der Waals surface area contributed by atoms with Crippen LogP contribution in [0.25, 0.3) is 34.4 Å². The molecule has 220 valence electrons. The van der Waals surface area contributed by atoms with Crippen molar-refractivity contribution in [2.24, 2.45) is 5.92 Å². The summed E-state index contributed by atoms with van der Waals surface area (Å²) in [5.74, 6) is 0.621. The van der Waals surface area contributed by atoms with Gasteiger partial charge in [-0.15, -0.1) is 24.8 Å². The minimum Gasteiger partial charge on any atom is -0.147 e. The van der Waals surface area contributed by atoms with Crippen LogP contribution in [-0.2, 0) is 17.4 Å². The summed E-state index contributed by atoms with van der Waals surface area (Å²) >= 11 is -3.67. The second-order valence-corrected chi connectivity index (χ2v) is 44.2. The summed E-state index contributed by atoms with van der Waals surface area (Å²) in [6, 6.07) is 33.9. The molecule has 0 saturated heterocycles. The second kappa shape index (κ2) is 11.9. The normalized spacial score (nSPS) is 19.2. The Balaban J connectivity index is 0.00000184. The van der Waals surface area contributed by atoms with E-state index >= 15 is 0 Å². The Bertz CT molecular complexity index is 1840. The number of benzene rings is 4. The molecule has 7 rings (SSSR count). The standard InChI is InChI=1S/C20H17.C17H15.2CH3.2ClH.H2Si.Zr/c1-2-9-16(10-3-1)19-12-6-11-17-13-18(14-20(17)19)15-7-4-5-8-15;1-12-10-16-13(2)8-9-15(17(16)11-12)14-6-4-3-5-7-14;;;;;;/h1-6,9-15H,7-8H2;3-11H,1-2H3;2*1H3;2*1H;1H2;. The van der Waals surface area contributed by atoms with Crippen LogP contribution in [0.5, 0.6) is 0 Å². The van der Waals surface area contributed by atoms with Gasteiger partial charge in [0.25, 0.3) is 0 Å². The van der Waals surface area contributed by atoms with Crippen molar-refractivity contribution in [2.75, 3.05) is 0 Å². The first-order chi connectivity index (χ1) is 19.7. The third-order valence-electron chi connectivity index (χ3n) is 10.3. The quantitative estimate of drug-likeness (QED) is 0.144. The van der Waals surface area contributed by atoms with Crippen LogP contribution in [0.2, 0.25) is 9.26 Å². The topological polar surface area (TPSA) is 0 Å². The molecule has 0 spiro atoms. The van der Waals surface area contributed by atoms with Crippen molar-refractivity contribution < 1.29 is 17.4 Å². The molecule has 2 unspecified atom stereocenters. The summed E-state index contributed by atoms with van der Waals surface area (Å²) in [6.07, 6.45) is 12.4. The molecule has 0 saturated carbocycles. The minimum absolute atomic E-state index is 0. The molecule has 3 aliphatic carbocycles. The summed E-state index contributed by atoms with van der Waals surface area (Å²) in [4.78, 5) is 0. The Hall–Kier alpha value is -2.22. The monoisotopic (exact) mass is 698 g/mol. The van der Waals surface area contributed by atoms with E-state index in [1.165, 1.54) is 51.8 Å². The largest absolute Gasteiger partial charge is 0.147 e. The van der Waals surface area contributed by atoms with Gasteiger partial charge in [0, 0.05) is 0 Å². The summed E-state index contributed by atoms with van der Waals surface area (Å²) in [5, 5.41) is 0. The second-order valence-electron chi connectivity index (χ2n) is 13.8. The zero-order valence-electron chi connectivity index (χ0n) is 25.6. The number of halogens is 2. The molecule has 0 amide bonds. The smallest absolute Gasteiger partial charge is 0.147 e. The number of hydrogen-bond acceptors (Lipinski definition) is 0. The van der Waals surface area contributed by atoms with Crippen LogP contribution >= 0.6 is 24.8 Å². The molecule has 0 nitrogen and oxygen atoms in total. The number of fused-ring (bicyclic) bond motifs is 2. The number of hydrogen-bond donors (Lipinski definition) is 0. The maximum Gasteiger partial charge on any atom is -0.147 e. The third-order valence-corrected chi connectivity index (χ3v) is 27.8. The summed E-state index contributed by atoms with van der Waals surface area (Å²) in [5.41, 5.74) is 16.4. The van der Waals surface area contributed by atoms with Crippen LogP contribution < -0.4 is 0 Å². The van der Waals surface area contributed by atoms with Crippen molar-refractivity contribution >= 4 is 43.8 Å². The first-order valence-electron chi connectivity index (χ1n) is 15.2. The van der Waals surface area contributed by atoms with E-state index in [4.69, 9.17) is 0 Å². The fraction of sp³-hybridized carbons (Fsp3) is 0.231. The molecule has 43 heavy (non-hydrogen) atoms. The molecule has 0 N–H and O–H groups in total. The van der Waals surface area contributed by atoms with Gasteiger partial charge in [0.05, 0.1) is 0 Å². The summed E-state index contributed by atoms with van der Waals surface area (Å²) in [7, 11) is 0. The Kier molecular flexibility index (Phi) is 8.94. The average Bonchev–Trinajstić information content (AvgIpc) is 3.71. The van der Waals surface area contributed by atoms with E-state index in [2.05, 4.69) is 145 Å². The van der Waals surface area contributed by atoms with Crippen molar-refractivity contribution in [2.45, 2.75) is 43.2 Å². The summed E-state index contributed by atoms with van der Waals surface area (Å²) in [6.45, 7) is 7.27. The molecular weight excluding hydrogens is 659 g/mol. The predicted octanol–water partition coefficient (Wildman–Crippen LogP) is 11.1. The fourth-order valence-electron chi connectivity index (χ4n) is 8.68. The van der Waals surface area contributed by atoms with Crippen LogP contribution in [-0.4, -0.2) is 6.88 Å². The molecule has 0 aliphatic heterocycles. The van der Waals surface area contributed by atoms with Crippen LogP contribution in [0.1, 0.15) is 54.8 Å². The summed E-state index contributed by atoms with van der Waals surface area (Å²) < 4.78 is 6.65. The van der Waals surface area contributed by atoms with Gasteiger partial charge in [-0.05, 0) is 0 Å². The van der Waals surface area contributed by atoms with Crippen LogP contribution in [0.4, 0.5) is 0 Å². The molecule has 4 heteroatoms. The first kappa shape index (κ1) is 32.2. The molecule has 4 aromatic carbocycles. The zero-order valence-corrected chi connectivity index (χ0v) is 31.1. The van der Waals surface area contributed by atoms with E-state index in [1.54, 1.807) is 22.3 Å². The maximum atomic E-state index is 2.79. The zero-order chi connectivity index (χ0) is 28.4. The van der Waals surface area contributed by atoms with E-state index < -0.39 is 17.4 Å². The Morgan fingerprint density at radius 2 is 1.21 bits per heavy atom. The van der Waals surface area contributed by atoms with E-state index in [0.717, 1.165) is 0 Å². The van der Waals surface area contributed by atoms with Crippen molar-refractivity contribution in [3.8, 4) is 22.3 Å². The fourth-order valence-corrected chi connectivity index (χ4v) is 29.1. The van der Waals surface area contributed by atoms with Crippen molar-refractivity contribution in [3.63, 3.8) is 0 Å². The Morgan fingerprint density at radius 1 is 0.628 bits per heavy atom. The Labute approximate surface area is 272 Å². The Morgan fingerprint density at radius 3 is 1.81 bits per heavy atom. The van der Waals surface area contributed by atoms with E-state index in [9.17, 15) is 0 Å². The van der Waals surface area contributed by atoms with Gasteiger partial charge in [-0.3, -0.25) is 0 Å². The third kappa shape index (κ3) is 5.27. The number of aryl methyl sites for hydroxylation is 1. The molecule has 0 fully saturated rings. The first-order valence-corrected chi connectivity index (χ1v) is 28.9. The van der Waals surface area contributed by atoms with Gasteiger partial charge < -0.3 is 0 Å². The van der Waals surface area contributed by atoms with Gasteiger partial charge in [-0.2, -0.15) is 0 Å². The molecule has 0 aromatic heterocycles. The maximum absolute atomic E-state index is 3.67. The van der Waals surface area contributed by atoms with Gasteiger partial charge in [-0.1, -0.05) is 0 Å². The van der Waals surface area contributed by atoms with Gasteiger partial charge >= 0.3 is 250 Å². The van der Waals surface area contributed by atoms with Crippen LogP contribution in [0.15, 0.2) is 114 Å². The number of allylic oxidation sites excluding steroid dienone is 4. The van der Waals surface area contributed by atoms with Gasteiger partial charge in [0.2, 0.25) is 0 Å². The van der Waals surface area contributed by atoms with Crippen molar-refractivity contribution in [1.29, 1.82) is 0 Å². The molecule has 0 radical (unpaired) electrons. The minimum atomic E-state index is -3.67. The average molecular weight is 701 g/mol. The molecule has 4 aromatic rings. The van der Waals surface area contributed by atoms with Crippen molar-refractivity contribution in [1.82, 2.24) is 0 Å². The predicted molar refractivity (Wildman–Crippen MR) is 192 cm³/mol. The number of rotatable bonds is 5. The van der Waals surface area contributed by atoms with E-state index in [1.807, 2.05) is 0 Å². The molecule has 2 atom stereocenters. The van der Waals surface area contributed by atoms with E-state index in [0.29, 0.717) is 13.2 Å². The van der Waals surface area contributed by atoms with Crippen LogP contribution in [0.3, 0.4) is 0 Å². The van der Waals surface area contributed by atoms with Gasteiger partial charge in [0.1, 0.15) is 0 Å². The van der Waals surface area contributed by atoms with Crippen LogP contribution in [0, 0.1) is 12.8 Å². The van der Waals surface area contributed by atoms with Crippen molar-refractivity contribution in [3.05, 3.63) is 142 Å².